The molecule has 0 aliphatic rings. The van der Waals surface area contributed by atoms with E-state index in [9.17, 15) is 0 Å². The molecule has 0 saturated heterocycles. The Bertz CT molecular complexity index is 542. The van der Waals surface area contributed by atoms with Crippen LogP contribution in [-0.4, -0.2) is 0 Å². The van der Waals surface area contributed by atoms with Crippen molar-refractivity contribution in [3.63, 3.8) is 0 Å². The average molecular weight is 595 g/mol. The maximum Gasteiger partial charge on any atom is -0.0316 e. The average Bonchev–Trinajstić information content (AvgIpc) is 2.84. The Labute approximate surface area is 272 Å². The zero-order chi connectivity index (χ0) is 33.8. The molecule has 5 atom stereocenters. The number of hydrogen-bond acceptors (Lipinski definition) is 0. The molecule has 0 aliphatic carbocycles. The van der Waals surface area contributed by atoms with E-state index < -0.39 is 0 Å². The van der Waals surface area contributed by atoms with Gasteiger partial charge < -0.3 is 0 Å². The second-order valence-electron chi connectivity index (χ2n) is 16.3. The summed E-state index contributed by atoms with van der Waals surface area (Å²) in [6.07, 6.45) is 23.6. The summed E-state index contributed by atoms with van der Waals surface area (Å²) in [5.74, 6) is 3.70. The summed E-state index contributed by atoms with van der Waals surface area (Å²) in [7, 11) is 0. The van der Waals surface area contributed by atoms with E-state index in [4.69, 9.17) is 0 Å². The normalized spacial score (nSPS) is 16.2. The second kappa shape index (κ2) is 29.5. The van der Waals surface area contributed by atoms with E-state index >= 15 is 0 Å². The summed E-state index contributed by atoms with van der Waals surface area (Å²) >= 11 is 0. The Morgan fingerprint density at radius 1 is 0.548 bits per heavy atom. The third kappa shape index (κ3) is 32.6. The highest BCUT2D eigenvalue weighted by atomic mass is 14.4. The van der Waals surface area contributed by atoms with Crippen LogP contribution in [0, 0.1) is 39.9 Å². The molecule has 0 radical (unpaired) electrons. The number of allylic oxidation sites excluding steroid dienone is 1. The summed E-state index contributed by atoms with van der Waals surface area (Å²) in [6.45, 7) is 43.2. The van der Waals surface area contributed by atoms with E-state index in [1.165, 1.54) is 103 Å². The van der Waals surface area contributed by atoms with E-state index in [0.29, 0.717) is 16.2 Å². The number of rotatable bonds is 20. The fraction of sp³-hybridized carbons (Fsp3) is 0.952. The van der Waals surface area contributed by atoms with E-state index in [-0.39, 0.29) is 0 Å². The predicted molar refractivity (Wildman–Crippen MR) is 202 cm³/mol. The summed E-state index contributed by atoms with van der Waals surface area (Å²) < 4.78 is 0. The van der Waals surface area contributed by atoms with Crippen molar-refractivity contribution < 1.29 is 0 Å². The van der Waals surface area contributed by atoms with Crippen molar-refractivity contribution in [1.29, 1.82) is 0 Å². The van der Waals surface area contributed by atoms with Crippen molar-refractivity contribution in [1.82, 2.24) is 0 Å². The maximum absolute atomic E-state index is 3.36. The van der Waals surface area contributed by atoms with Gasteiger partial charge in [0.2, 0.25) is 0 Å². The third-order valence-corrected chi connectivity index (χ3v) is 9.18. The molecule has 42 heavy (non-hydrogen) atoms. The van der Waals surface area contributed by atoms with Gasteiger partial charge in [-0.1, -0.05) is 175 Å². The first-order chi connectivity index (χ1) is 19.4. The molecule has 258 valence electrons. The fourth-order valence-electron chi connectivity index (χ4n) is 7.67. The van der Waals surface area contributed by atoms with Crippen LogP contribution >= 0.6 is 0 Å². The third-order valence-electron chi connectivity index (χ3n) is 9.18. The molecular weight excluding hydrogens is 504 g/mol. The van der Waals surface area contributed by atoms with Crippen LogP contribution in [0.5, 0.6) is 0 Å². The quantitative estimate of drug-likeness (QED) is 0.123. The minimum atomic E-state index is 0.500. The zero-order valence-corrected chi connectivity index (χ0v) is 33.4. The first kappa shape index (κ1) is 48.6. The predicted octanol–water partition coefficient (Wildman–Crippen LogP) is 16.1. The van der Waals surface area contributed by atoms with Gasteiger partial charge in [-0.25, -0.2) is 0 Å². The Morgan fingerprint density at radius 3 is 1.29 bits per heavy atom. The summed E-state index contributed by atoms with van der Waals surface area (Å²) in [5, 5.41) is 0. The first-order valence-corrected chi connectivity index (χ1v) is 19.0. The second-order valence-corrected chi connectivity index (χ2v) is 16.3. The minimum Gasteiger partial charge on any atom is -0.103 e. The highest BCUT2D eigenvalue weighted by Crippen LogP contribution is 2.49. The zero-order valence-electron chi connectivity index (χ0n) is 33.4. The molecule has 0 amide bonds. The largest absolute Gasteiger partial charge is 0.103 e. The van der Waals surface area contributed by atoms with Gasteiger partial charge in [-0.3, -0.25) is 0 Å². The molecule has 0 heterocycles. The van der Waals surface area contributed by atoms with Gasteiger partial charge in [0.1, 0.15) is 0 Å². The van der Waals surface area contributed by atoms with Crippen LogP contribution in [-0.2, 0) is 0 Å². The standard InChI is InChI=1S/C20H42.C10H22.C9H20.C3H6/c1-9-13-18(5,6)16-20(8,15-11-3)17-19(7,12-4)14-10-2;1-5-7-10(4)8-9(3)6-2;1-5-6-9(4)7-8(2)3;1-3-2/h9-17H2,1-8H3;9-10H,5-8H2,1-4H3;8-9H,5-7H2,1-4H3;3H,1H2,2H3. The first-order valence-electron chi connectivity index (χ1n) is 19.0. The molecule has 0 bridgehead atoms. The summed E-state index contributed by atoms with van der Waals surface area (Å²) in [4.78, 5) is 0. The maximum atomic E-state index is 3.36. The van der Waals surface area contributed by atoms with E-state index in [1.54, 1.807) is 6.08 Å². The SMILES string of the molecule is C=CC.CCCC(C)(C)CC(C)(CCC)CC(C)(CC)CCC.CCCC(C)CC(C)C.CCCC(C)CC(C)CC. The molecule has 0 heteroatoms. The molecule has 0 nitrogen and oxygen atoms in total. The lowest BCUT2D eigenvalue weighted by molar-refractivity contribution is 0.0765. The number of hydrogen-bond donors (Lipinski definition) is 0. The minimum absolute atomic E-state index is 0.500. The van der Waals surface area contributed by atoms with Gasteiger partial charge in [0.05, 0.1) is 0 Å². The van der Waals surface area contributed by atoms with Gasteiger partial charge in [-0.2, -0.15) is 0 Å². The lowest BCUT2D eigenvalue weighted by Crippen LogP contribution is -2.32. The van der Waals surface area contributed by atoms with E-state index in [0.717, 1.165) is 23.7 Å². The highest BCUT2D eigenvalue weighted by molar-refractivity contribution is 4.88. The molecule has 0 N–H and O–H groups in total. The molecule has 0 rings (SSSR count). The molecule has 0 aromatic carbocycles. The van der Waals surface area contributed by atoms with Crippen LogP contribution in [0.25, 0.3) is 0 Å². The van der Waals surface area contributed by atoms with Crippen LogP contribution in [0.4, 0.5) is 0 Å². The molecule has 0 aliphatic heterocycles. The van der Waals surface area contributed by atoms with Crippen molar-refractivity contribution in [2.75, 3.05) is 0 Å². The lowest BCUT2D eigenvalue weighted by Gasteiger charge is -2.44. The van der Waals surface area contributed by atoms with Crippen LogP contribution in [0.15, 0.2) is 12.7 Å². The van der Waals surface area contributed by atoms with Crippen molar-refractivity contribution in [3.05, 3.63) is 12.7 Å². The molecule has 0 aromatic rings. The van der Waals surface area contributed by atoms with Gasteiger partial charge >= 0.3 is 0 Å². The molecule has 0 saturated carbocycles. The molecular formula is C42H90. The summed E-state index contributed by atoms with van der Waals surface area (Å²) in [5.41, 5.74) is 1.56. The molecule has 0 spiro atoms. The van der Waals surface area contributed by atoms with Crippen LogP contribution in [0.3, 0.4) is 0 Å². The van der Waals surface area contributed by atoms with Gasteiger partial charge in [0.15, 0.2) is 0 Å². The smallest absolute Gasteiger partial charge is 0.0316 e. The van der Waals surface area contributed by atoms with E-state index in [1.807, 2.05) is 6.92 Å². The van der Waals surface area contributed by atoms with E-state index in [2.05, 4.69) is 117 Å². The lowest BCUT2D eigenvalue weighted by atomic mass is 9.62. The van der Waals surface area contributed by atoms with Gasteiger partial charge in [-0.05, 0) is 91.8 Å². The monoisotopic (exact) mass is 595 g/mol. The Morgan fingerprint density at radius 2 is 0.952 bits per heavy atom. The molecule has 5 unspecified atom stereocenters. The van der Waals surface area contributed by atoms with Crippen LogP contribution in [0.2, 0.25) is 0 Å². The topological polar surface area (TPSA) is 0 Å². The Kier molecular flexibility index (Phi) is 34.1. The molecule has 0 fully saturated rings. The van der Waals surface area contributed by atoms with Crippen molar-refractivity contribution >= 4 is 0 Å². The van der Waals surface area contributed by atoms with Gasteiger partial charge in [-0.15, -0.1) is 6.58 Å². The van der Waals surface area contributed by atoms with Gasteiger partial charge in [0, 0.05) is 0 Å². The fourth-order valence-corrected chi connectivity index (χ4v) is 7.67. The molecule has 0 aromatic heterocycles. The summed E-state index contributed by atoms with van der Waals surface area (Å²) in [6, 6.07) is 0. The van der Waals surface area contributed by atoms with Crippen molar-refractivity contribution in [2.24, 2.45) is 39.9 Å². The highest BCUT2D eigenvalue weighted by Gasteiger charge is 2.37. The van der Waals surface area contributed by atoms with Crippen LogP contribution < -0.4 is 0 Å². The Balaban J connectivity index is -0.000000273. The van der Waals surface area contributed by atoms with Crippen molar-refractivity contribution in [2.45, 2.75) is 220 Å². The van der Waals surface area contributed by atoms with Crippen molar-refractivity contribution in [3.8, 4) is 0 Å². The van der Waals surface area contributed by atoms with Crippen LogP contribution in [0.1, 0.15) is 220 Å². The van der Waals surface area contributed by atoms with Gasteiger partial charge in [0.25, 0.3) is 0 Å². The Hall–Kier alpha value is -0.260.